The summed E-state index contributed by atoms with van der Waals surface area (Å²) in [7, 11) is 0. The number of rotatable bonds is 5. The highest BCUT2D eigenvalue weighted by Gasteiger charge is 2.30. The minimum absolute atomic E-state index is 0.0776. The first kappa shape index (κ1) is 16.3. The number of carbonyl (C=O) groups excluding carboxylic acids is 2. The second-order valence-corrected chi connectivity index (χ2v) is 6.17. The minimum Gasteiger partial charge on any atom is -0.466 e. The van der Waals surface area contributed by atoms with Gasteiger partial charge in [-0.1, -0.05) is 5.11 Å². The maximum Gasteiger partial charge on any atom is 0.310 e. The van der Waals surface area contributed by atoms with E-state index in [0.717, 1.165) is 17.7 Å². The van der Waals surface area contributed by atoms with Crippen molar-refractivity contribution in [2.75, 3.05) is 19.7 Å². The van der Waals surface area contributed by atoms with Crippen molar-refractivity contribution in [1.29, 1.82) is 0 Å². The highest BCUT2D eigenvalue weighted by Crippen LogP contribution is 2.23. The van der Waals surface area contributed by atoms with E-state index in [1.54, 1.807) is 24.0 Å². The Morgan fingerprint density at radius 2 is 2.36 bits per heavy atom. The molecule has 0 aliphatic carbocycles. The van der Waals surface area contributed by atoms with Crippen LogP contribution in [0.4, 0.5) is 0 Å². The number of carbonyl (C=O) groups is 2. The van der Waals surface area contributed by atoms with Crippen LogP contribution in [-0.2, 0) is 16.1 Å². The number of nitrogens with zero attached hydrogens (tertiary/aromatic N) is 4. The summed E-state index contributed by atoms with van der Waals surface area (Å²) in [6.45, 7) is 3.44. The lowest BCUT2D eigenvalue weighted by Gasteiger charge is -2.31. The van der Waals surface area contributed by atoms with Crippen LogP contribution in [0, 0.1) is 5.92 Å². The third-order valence-electron chi connectivity index (χ3n) is 3.49. The average Bonchev–Trinajstić information content (AvgIpc) is 3.01. The van der Waals surface area contributed by atoms with Crippen LogP contribution in [0.2, 0.25) is 0 Å². The van der Waals surface area contributed by atoms with E-state index in [9.17, 15) is 9.59 Å². The van der Waals surface area contributed by atoms with Gasteiger partial charge in [0.25, 0.3) is 5.91 Å². The van der Waals surface area contributed by atoms with Crippen LogP contribution < -0.4 is 0 Å². The second kappa shape index (κ2) is 7.82. The highest BCUT2D eigenvalue weighted by molar-refractivity contribution is 7.14. The van der Waals surface area contributed by atoms with Crippen LogP contribution >= 0.6 is 11.3 Å². The SMILES string of the molecule is CCOC(=O)C1CCCN(C(=O)c2ccc(CN=[N+]=[N-])s2)C1. The van der Waals surface area contributed by atoms with E-state index < -0.39 is 0 Å². The number of esters is 1. The van der Waals surface area contributed by atoms with Crippen LogP contribution in [0.3, 0.4) is 0 Å². The minimum atomic E-state index is -0.236. The molecule has 1 amide bonds. The predicted octanol–water partition coefficient (Wildman–Crippen LogP) is 2.97. The number of amides is 1. The lowest BCUT2D eigenvalue weighted by molar-refractivity contribution is -0.149. The van der Waals surface area contributed by atoms with Crippen molar-refractivity contribution >= 4 is 23.2 Å². The summed E-state index contributed by atoms with van der Waals surface area (Å²) < 4.78 is 5.04. The van der Waals surface area contributed by atoms with Crippen molar-refractivity contribution < 1.29 is 14.3 Å². The first-order valence-corrected chi connectivity index (χ1v) is 8.02. The molecule has 0 saturated carbocycles. The molecule has 2 heterocycles. The Morgan fingerprint density at radius 1 is 1.55 bits per heavy atom. The Hall–Kier alpha value is -2.05. The summed E-state index contributed by atoms with van der Waals surface area (Å²) in [4.78, 5) is 30.2. The van der Waals surface area contributed by atoms with Gasteiger partial charge in [0.15, 0.2) is 0 Å². The molecular formula is C14H18N4O3S. The Kier molecular flexibility index (Phi) is 5.80. The summed E-state index contributed by atoms with van der Waals surface area (Å²) in [5, 5.41) is 3.49. The first-order chi connectivity index (χ1) is 10.7. The molecule has 1 aromatic rings. The summed E-state index contributed by atoms with van der Waals surface area (Å²) >= 11 is 1.32. The molecule has 0 aromatic carbocycles. The third kappa shape index (κ3) is 3.99. The number of likely N-dealkylation sites (tertiary alicyclic amines) is 1. The van der Waals surface area contributed by atoms with E-state index in [-0.39, 0.29) is 24.3 Å². The van der Waals surface area contributed by atoms with Crippen molar-refractivity contribution in [2.24, 2.45) is 11.0 Å². The molecule has 0 spiro atoms. The molecule has 1 fully saturated rings. The molecule has 2 rings (SSSR count). The molecule has 22 heavy (non-hydrogen) atoms. The van der Waals surface area contributed by atoms with Gasteiger partial charge in [0.2, 0.25) is 0 Å². The number of thiophene rings is 1. The topological polar surface area (TPSA) is 95.4 Å². The smallest absolute Gasteiger partial charge is 0.310 e. The van der Waals surface area contributed by atoms with Gasteiger partial charge in [-0.3, -0.25) is 9.59 Å². The van der Waals surface area contributed by atoms with E-state index in [1.807, 2.05) is 0 Å². The molecule has 0 bridgehead atoms. The summed E-state index contributed by atoms with van der Waals surface area (Å²) in [5.74, 6) is -0.540. The fourth-order valence-electron chi connectivity index (χ4n) is 2.45. The van der Waals surface area contributed by atoms with Gasteiger partial charge < -0.3 is 9.64 Å². The van der Waals surface area contributed by atoms with Crippen molar-refractivity contribution in [3.05, 3.63) is 32.3 Å². The van der Waals surface area contributed by atoms with E-state index in [0.29, 0.717) is 24.6 Å². The largest absolute Gasteiger partial charge is 0.466 e. The summed E-state index contributed by atoms with van der Waals surface area (Å²) in [6.07, 6.45) is 1.56. The molecule has 7 nitrogen and oxygen atoms in total. The van der Waals surface area contributed by atoms with Gasteiger partial charge in [-0.2, -0.15) is 0 Å². The molecule has 8 heteroatoms. The maximum atomic E-state index is 12.5. The van der Waals surface area contributed by atoms with Crippen LogP contribution in [-0.4, -0.2) is 36.5 Å². The van der Waals surface area contributed by atoms with E-state index >= 15 is 0 Å². The molecule has 0 radical (unpaired) electrons. The monoisotopic (exact) mass is 322 g/mol. The van der Waals surface area contributed by atoms with E-state index in [2.05, 4.69) is 10.0 Å². The van der Waals surface area contributed by atoms with Gasteiger partial charge in [-0.15, -0.1) is 11.3 Å². The lowest BCUT2D eigenvalue weighted by atomic mass is 9.98. The molecule has 1 aliphatic heterocycles. The van der Waals surface area contributed by atoms with Gasteiger partial charge in [0, 0.05) is 22.9 Å². The zero-order chi connectivity index (χ0) is 15.9. The number of piperidine rings is 1. The maximum absolute atomic E-state index is 12.5. The molecule has 1 aliphatic rings. The Labute approximate surface area is 132 Å². The van der Waals surface area contributed by atoms with Crippen molar-refractivity contribution in [3.63, 3.8) is 0 Å². The van der Waals surface area contributed by atoms with Gasteiger partial charge in [0.05, 0.1) is 23.9 Å². The molecule has 1 saturated heterocycles. The average molecular weight is 322 g/mol. The quantitative estimate of drug-likeness (QED) is 0.361. The Morgan fingerprint density at radius 3 is 3.09 bits per heavy atom. The number of ether oxygens (including phenoxy) is 1. The fourth-order valence-corrected chi connectivity index (χ4v) is 3.34. The van der Waals surface area contributed by atoms with Crippen molar-refractivity contribution in [1.82, 2.24) is 4.90 Å². The second-order valence-electron chi connectivity index (χ2n) is 5.00. The van der Waals surface area contributed by atoms with Crippen LogP contribution in [0.25, 0.3) is 10.4 Å². The predicted molar refractivity (Wildman–Crippen MR) is 82.4 cm³/mol. The van der Waals surface area contributed by atoms with Gasteiger partial charge in [-0.25, -0.2) is 0 Å². The Bertz CT molecular complexity index is 595. The van der Waals surface area contributed by atoms with E-state index in [4.69, 9.17) is 10.3 Å². The molecule has 1 aromatic heterocycles. The molecule has 1 atom stereocenters. The summed E-state index contributed by atoms with van der Waals surface area (Å²) in [5.41, 5.74) is 8.32. The number of hydrogen-bond acceptors (Lipinski definition) is 5. The molecule has 1 unspecified atom stereocenters. The zero-order valence-corrected chi connectivity index (χ0v) is 13.2. The normalized spacial score (nSPS) is 17.7. The molecule has 118 valence electrons. The first-order valence-electron chi connectivity index (χ1n) is 7.21. The highest BCUT2D eigenvalue weighted by atomic mass is 32.1. The van der Waals surface area contributed by atoms with Crippen LogP contribution in [0.5, 0.6) is 0 Å². The van der Waals surface area contributed by atoms with Crippen molar-refractivity contribution in [3.8, 4) is 0 Å². The van der Waals surface area contributed by atoms with Gasteiger partial charge in [0.1, 0.15) is 0 Å². The van der Waals surface area contributed by atoms with Gasteiger partial charge >= 0.3 is 5.97 Å². The zero-order valence-electron chi connectivity index (χ0n) is 12.4. The van der Waals surface area contributed by atoms with Crippen LogP contribution in [0.1, 0.15) is 34.3 Å². The Balaban J connectivity index is 2.00. The van der Waals surface area contributed by atoms with Crippen LogP contribution in [0.15, 0.2) is 17.2 Å². The van der Waals surface area contributed by atoms with E-state index in [1.165, 1.54) is 11.3 Å². The number of hydrogen-bond donors (Lipinski definition) is 0. The lowest BCUT2D eigenvalue weighted by Crippen LogP contribution is -2.42. The third-order valence-corrected chi connectivity index (χ3v) is 4.55. The molecule has 0 N–H and O–H groups in total. The van der Waals surface area contributed by atoms with Gasteiger partial charge in [-0.05, 0) is 37.4 Å². The molecular weight excluding hydrogens is 304 g/mol. The summed E-state index contributed by atoms with van der Waals surface area (Å²) in [6, 6.07) is 3.53. The van der Waals surface area contributed by atoms with Crippen molar-refractivity contribution in [2.45, 2.75) is 26.3 Å². The standard InChI is InChI=1S/C14H18N4O3S/c1-2-21-14(20)10-4-3-7-18(9-10)13(19)12-6-5-11(22-12)8-16-17-15/h5-6,10H,2-4,7-9H2,1H3. The number of azide groups is 1. The fraction of sp³-hybridized carbons (Fsp3) is 0.571.